The Hall–Kier alpha value is -3.21. The third-order valence-electron chi connectivity index (χ3n) is 6.37. The Bertz CT molecular complexity index is 1180. The number of carbonyl (C=O) groups excluding carboxylic acids is 1. The van der Waals surface area contributed by atoms with E-state index in [-0.39, 0.29) is 23.2 Å². The molecule has 2 aliphatic rings. The zero-order valence-corrected chi connectivity index (χ0v) is 19.8. The van der Waals surface area contributed by atoms with Crippen molar-refractivity contribution in [3.8, 4) is 6.01 Å². The van der Waals surface area contributed by atoms with Crippen LogP contribution in [0.2, 0.25) is 0 Å². The molecule has 0 aliphatic heterocycles. The summed E-state index contributed by atoms with van der Waals surface area (Å²) in [6, 6.07) is 5.25. The summed E-state index contributed by atoms with van der Waals surface area (Å²) in [5.41, 5.74) is 1.40. The van der Waals surface area contributed by atoms with Gasteiger partial charge in [-0.2, -0.15) is 0 Å². The van der Waals surface area contributed by atoms with Gasteiger partial charge in [0.2, 0.25) is 11.9 Å². The van der Waals surface area contributed by atoms with E-state index in [1.165, 1.54) is 13.0 Å². The van der Waals surface area contributed by atoms with Crippen LogP contribution in [0.1, 0.15) is 57.4 Å². The van der Waals surface area contributed by atoms with Gasteiger partial charge in [0.15, 0.2) is 0 Å². The van der Waals surface area contributed by atoms with Crippen molar-refractivity contribution in [3.63, 3.8) is 0 Å². The van der Waals surface area contributed by atoms with E-state index in [0.29, 0.717) is 22.8 Å². The number of carbonyl (C=O) groups is 1. The number of amides is 1. The molecule has 0 radical (unpaired) electrons. The molecule has 3 aromatic rings. The molecule has 0 spiro atoms. The highest BCUT2D eigenvalue weighted by Gasteiger charge is 2.42. The number of rotatable bonds is 8. The average Bonchev–Trinajstić information content (AvgIpc) is 3.20. The van der Waals surface area contributed by atoms with Crippen LogP contribution in [0, 0.1) is 5.82 Å². The molecular formula is C23H26FN7O2S. The van der Waals surface area contributed by atoms with Gasteiger partial charge in [0.05, 0.1) is 5.69 Å². The minimum Gasteiger partial charge on any atom is -0.460 e. The molecule has 0 bridgehead atoms. The molecule has 1 amide bonds. The summed E-state index contributed by atoms with van der Waals surface area (Å²) >= 11 is 1.06. The highest BCUT2D eigenvalue weighted by atomic mass is 32.2. The molecule has 2 saturated carbocycles. The second-order valence-electron chi connectivity index (χ2n) is 9.10. The first-order valence-electron chi connectivity index (χ1n) is 11.3. The normalized spacial score (nSPS) is 20.7. The molecule has 2 fully saturated rings. The molecule has 9 nitrogen and oxygen atoms in total. The van der Waals surface area contributed by atoms with Gasteiger partial charge >= 0.3 is 6.01 Å². The van der Waals surface area contributed by atoms with E-state index in [2.05, 4.69) is 37.1 Å². The molecule has 2 aromatic heterocycles. The largest absolute Gasteiger partial charge is 0.460 e. The van der Waals surface area contributed by atoms with Crippen LogP contribution in [0.3, 0.4) is 0 Å². The molecule has 0 saturated heterocycles. The van der Waals surface area contributed by atoms with E-state index in [9.17, 15) is 9.18 Å². The molecule has 2 N–H and O–H groups in total. The van der Waals surface area contributed by atoms with Crippen molar-refractivity contribution in [1.82, 2.24) is 29.5 Å². The standard InChI is InChI=1S/C23H26FN7O2S/c1-14(32)30-34-18-5-6-20(19(24)10-18)28-21-25-11-16(12-26-21)15-3-4-17(9-15)33-22-29-27-13-31(22)23(2)7-8-23/h5-6,10-13,15,17H,3-4,7-9H2,1-2H3,(H,30,32)(H,25,26,28). The van der Waals surface area contributed by atoms with Crippen LogP contribution in [0.25, 0.3) is 0 Å². The average molecular weight is 484 g/mol. The first-order valence-corrected chi connectivity index (χ1v) is 12.1. The molecule has 11 heteroatoms. The molecule has 2 unspecified atom stereocenters. The van der Waals surface area contributed by atoms with Crippen LogP contribution in [-0.2, 0) is 10.3 Å². The monoisotopic (exact) mass is 483 g/mol. The zero-order chi connectivity index (χ0) is 23.7. The topological polar surface area (TPSA) is 107 Å². The van der Waals surface area contributed by atoms with E-state index >= 15 is 0 Å². The fourth-order valence-electron chi connectivity index (χ4n) is 4.12. The number of ether oxygens (including phenoxy) is 1. The van der Waals surface area contributed by atoms with Crippen LogP contribution >= 0.6 is 11.9 Å². The summed E-state index contributed by atoms with van der Waals surface area (Å²) < 4.78 is 25.2. The van der Waals surface area contributed by atoms with E-state index in [1.54, 1.807) is 30.9 Å². The Kier molecular flexibility index (Phi) is 6.11. The lowest BCUT2D eigenvalue weighted by atomic mass is 10.0. The van der Waals surface area contributed by atoms with E-state index in [0.717, 1.165) is 49.6 Å². The van der Waals surface area contributed by atoms with Crippen molar-refractivity contribution < 1.29 is 13.9 Å². The van der Waals surface area contributed by atoms with Gasteiger partial charge in [0.1, 0.15) is 18.2 Å². The van der Waals surface area contributed by atoms with Crippen molar-refractivity contribution in [2.75, 3.05) is 5.32 Å². The molecule has 2 atom stereocenters. The third kappa shape index (κ3) is 4.98. The van der Waals surface area contributed by atoms with Gasteiger partial charge in [-0.25, -0.2) is 14.4 Å². The maximum atomic E-state index is 14.4. The van der Waals surface area contributed by atoms with Crippen LogP contribution < -0.4 is 14.8 Å². The van der Waals surface area contributed by atoms with Crippen LogP contribution in [0.4, 0.5) is 16.0 Å². The smallest absolute Gasteiger partial charge is 0.317 e. The second-order valence-corrected chi connectivity index (χ2v) is 9.98. The maximum Gasteiger partial charge on any atom is 0.317 e. The van der Waals surface area contributed by atoms with Crippen LogP contribution in [0.5, 0.6) is 6.01 Å². The summed E-state index contributed by atoms with van der Waals surface area (Å²) in [4.78, 5) is 20.4. The second kappa shape index (κ2) is 9.21. The fourth-order valence-corrected chi connectivity index (χ4v) is 4.68. The highest BCUT2D eigenvalue weighted by molar-refractivity contribution is 7.98. The van der Waals surface area contributed by atoms with E-state index in [1.807, 2.05) is 4.57 Å². The molecule has 5 rings (SSSR count). The van der Waals surface area contributed by atoms with Crippen LogP contribution in [-0.4, -0.2) is 36.7 Å². The summed E-state index contributed by atoms with van der Waals surface area (Å²) in [6.45, 7) is 3.60. The number of hydrogen-bond donors (Lipinski definition) is 2. The van der Waals surface area contributed by atoms with Crippen molar-refractivity contribution in [3.05, 3.63) is 48.3 Å². The summed E-state index contributed by atoms with van der Waals surface area (Å²) in [6.07, 6.45) is 10.4. The summed E-state index contributed by atoms with van der Waals surface area (Å²) in [5.74, 6) is -0.0286. The third-order valence-corrected chi connectivity index (χ3v) is 7.25. The first kappa shape index (κ1) is 22.6. The molecule has 34 heavy (non-hydrogen) atoms. The Morgan fingerprint density at radius 3 is 2.76 bits per heavy atom. The number of nitrogens with zero attached hydrogens (tertiary/aromatic N) is 5. The summed E-state index contributed by atoms with van der Waals surface area (Å²) in [7, 11) is 0. The van der Waals surface area contributed by atoms with E-state index < -0.39 is 5.82 Å². The minimum atomic E-state index is -0.452. The number of hydrogen-bond acceptors (Lipinski definition) is 8. The van der Waals surface area contributed by atoms with Crippen molar-refractivity contribution >= 4 is 29.5 Å². The number of anilines is 2. The Morgan fingerprint density at radius 2 is 2.06 bits per heavy atom. The quantitative estimate of drug-likeness (QED) is 0.456. The molecule has 2 aliphatic carbocycles. The summed E-state index contributed by atoms with van der Waals surface area (Å²) in [5, 5.41) is 11.1. The van der Waals surface area contributed by atoms with Crippen LogP contribution in [0.15, 0.2) is 41.8 Å². The SMILES string of the molecule is CC(=O)NSc1ccc(Nc2ncc(C3CCC(Oc4nncn4C4(C)CC4)C3)cn2)c(F)c1. The van der Waals surface area contributed by atoms with Gasteiger partial charge in [-0.05, 0) is 80.7 Å². The van der Waals surface area contributed by atoms with Gasteiger partial charge in [-0.3, -0.25) is 14.1 Å². The minimum absolute atomic E-state index is 0.0797. The predicted octanol–water partition coefficient (Wildman–Crippen LogP) is 4.32. The predicted molar refractivity (Wildman–Crippen MR) is 125 cm³/mol. The van der Waals surface area contributed by atoms with Crippen molar-refractivity contribution in [2.24, 2.45) is 0 Å². The Morgan fingerprint density at radius 1 is 1.26 bits per heavy atom. The van der Waals surface area contributed by atoms with E-state index in [4.69, 9.17) is 4.74 Å². The fraction of sp³-hybridized carbons (Fsp3) is 0.435. The Balaban J connectivity index is 1.17. The lowest BCUT2D eigenvalue weighted by molar-refractivity contribution is -0.117. The molecule has 178 valence electrons. The number of halogens is 1. The van der Waals surface area contributed by atoms with Gasteiger partial charge in [-0.1, -0.05) is 5.10 Å². The molecule has 2 heterocycles. The van der Waals surface area contributed by atoms with Crippen molar-refractivity contribution in [1.29, 1.82) is 0 Å². The lowest BCUT2D eigenvalue weighted by Gasteiger charge is -2.17. The maximum absolute atomic E-state index is 14.4. The lowest BCUT2D eigenvalue weighted by Crippen LogP contribution is -2.19. The van der Waals surface area contributed by atoms with Gasteiger partial charge in [0.25, 0.3) is 0 Å². The number of nitrogens with one attached hydrogen (secondary N) is 2. The first-order chi connectivity index (χ1) is 16.4. The zero-order valence-electron chi connectivity index (χ0n) is 19.0. The van der Waals surface area contributed by atoms with Gasteiger partial charge in [-0.15, -0.1) is 5.10 Å². The number of benzene rings is 1. The number of aromatic nitrogens is 5. The van der Waals surface area contributed by atoms with Crippen molar-refractivity contribution in [2.45, 2.75) is 68.4 Å². The molecular weight excluding hydrogens is 457 g/mol. The van der Waals surface area contributed by atoms with Gasteiger partial charge < -0.3 is 10.1 Å². The molecule has 1 aromatic carbocycles. The highest BCUT2D eigenvalue weighted by Crippen LogP contribution is 2.45. The van der Waals surface area contributed by atoms with Gasteiger partial charge in [0, 0.05) is 29.8 Å². The Labute approximate surface area is 201 Å².